The van der Waals surface area contributed by atoms with E-state index < -0.39 is 24.0 Å². The maximum atomic E-state index is 12.7. The summed E-state index contributed by atoms with van der Waals surface area (Å²) in [5.74, 6) is -4.48. The third-order valence-electron chi connectivity index (χ3n) is 3.52. The smallest absolute Gasteiger partial charge is 0.393 e. The number of hydrogen-bond acceptors (Lipinski definition) is 3. The highest BCUT2D eigenvalue weighted by Crippen LogP contribution is 2.37. The predicted octanol–water partition coefficient (Wildman–Crippen LogP) is 2.16. The molecule has 0 radical (unpaired) electrons. The number of likely N-dealkylation sites (tertiary alicyclic amines) is 1. The molecule has 0 saturated carbocycles. The molecule has 0 amide bonds. The van der Waals surface area contributed by atoms with Crippen LogP contribution in [-0.2, 0) is 4.79 Å². The summed E-state index contributed by atoms with van der Waals surface area (Å²) in [7, 11) is 0. The molecule has 0 unspecified atom stereocenters. The van der Waals surface area contributed by atoms with E-state index in [0.717, 1.165) is 19.3 Å². The van der Waals surface area contributed by atoms with Gasteiger partial charge in [-0.2, -0.15) is 13.2 Å². The number of rotatable bonds is 7. The average molecular weight is 320 g/mol. The van der Waals surface area contributed by atoms with Gasteiger partial charge in [-0.15, -0.1) is 12.4 Å². The maximum absolute atomic E-state index is 12.7. The number of carboxylic acid groups (broad SMARTS) is 1. The van der Waals surface area contributed by atoms with Gasteiger partial charge in [0.15, 0.2) is 0 Å². The first-order valence-corrected chi connectivity index (χ1v) is 6.49. The van der Waals surface area contributed by atoms with E-state index in [1.165, 1.54) is 0 Å². The van der Waals surface area contributed by atoms with Crippen molar-refractivity contribution in [3.63, 3.8) is 0 Å². The van der Waals surface area contributed by atoms with Crippen LogP contribution in [0.3, 0.4) is 0 Å². The number of alkyl halides is 3. The van der Waals surface area contributed by atoms with Crippen molar-refractivity contribution in [3.05, 3.63) is 0 Å². The highest BCUT2D eigenvalue weighted by atomic mass is 35.5. The fourth-order valence-corrected chi connectivity index (χ4v) is 2.45. The molecule has 120 valence electrons. The van der Waals surface area contributed by atoms with Crippen LogP contribution in [0.4, 0.5) is 13.2 Å². The molecule has 1 saturated heterocycles. The second-order valence-electron chi connectivity index (χ2n) is 4.99. The third-order valence-corrected chi connectivity index (χ3v) is 3.52. The Hall–Kier alpha value is -0.530. The average Bonchev–Trinajstić information content (AvgIpc) is 2.73. The van der Waals surface area contributed by atoms with E-state index in [0.29, 0.717) is 13.0 Å². The molecule has 1 aliphatic heterocycles. The molecule has 20 heavy (non-hydrogen) atoms. The van der Waals surface area contributed by atoms with Crippen LogP contribution in [-0.4, -0.2) is 53.5 Å². The minimum absolute atomic E-state index is 0. The van der Waals surface area contributed by atoms with Crippen LogP contribution in [0.2, 0.25) is 0 Å². The molecule has 0 aromatic rings. The molecule has 4 nitrogen and oxygen atoms in total. The van der Waals surface area contributed by atoms with Crippen LogP contribution in [0, 0.1) is 11.8 Å². The third kappa shape index (κ3) is 5.85. The Labute approximate surface area is 122 Å². The lowest BCUT2D eigenvalue weighted by atomic mass is 9.96. The van der Waals surface area contributed by atoms with Crippen LogP contribution in [0.5, 0.6) is 0 Å². The van der Waals surface area contributed by atoms with Gasteiger partial charge in [-0.3, -0.25) is 4.79 Å². The zero-order valence-electron chi connectivity index (χ0n) is 11.1. The number of nitrogens with zero attached hydrogens (tertiary/aromatic N) is 1. The molecular formula is C12H21ClF3NO3. The number of aliphatic hydroxyl groups excluding tert-OH is 1. The van der Waals surface area contributed by atoms with Crippen LogP contribution < -0.4 is 0 Å². The number of aliphatic hydroxyl groups is 1. The van der Waals surface area contributed by atoms with Gasteiger partial charge < -0.3 is 15.1 Å². The van der Waals surface area contributed by atoms with E-state index in [2.05, 4.69) is 0 Å². The largest absolute Gasteiger partial charge is 0.481 e. The molecule has 1 rings (SSSR count). The Morgan fingerprint density at radius 1 is 1.15 bits per heavy atom. The van der Waals surface area contributed by atoms with E-state index >= 15 is 0 Å². The Bertz CT molecular complexity index is 302. The molecule has 1 heterocycles. The number of unbranched alkanes of at least 4 members (excludes halogenated alkanes) is 3. The van der Waals surface area contributed by atoms with Crippen molar-refractivity contribution in [1.82, 2.24) is 4.90 Å². The highest BCUT2D eigenvalue weighted by molar-refractivity contribution is 5.85. The van der Waals surface area contributed by atoms with E-state index in [1.807, 2.05) is 0 Å². The van der Waals surface area contributed by atoms with Crippen molar-refractivity contribution in [1.29, 1.82) is 0 Å². The van der Waals surface area contributed by atoms with Gasteiger partial charge in [0, 0.05) is 19.7 Å². The van der Waals surface area contributed by atoms with Crippen LogP contribution in [0.25, 0.3) is 0 Å². The fourth-order valence-electron chi connectivity index (χ4n) is 2.45. The van der Waals surface area contributed by atoms with E-state index in [-0.39, 0.29) is 32.1 Å². The molecule has 0 aliphatic carbocycles. The molecule has 1 aliphatic rings. The molecule has 0 aromatic carbocycles. The van der Waals surface area contributed by atoms with Gasteiger partial charge in [-0.25, -0.2) is 0 Å². The number of hydrogen-bond donors (Lipinski definition) is 2. The minimum atomic E-state index is -4.45. The first-order chi connectivity index (χ1) is 8.86. The van der Waals surface area contributed by atoms with Crippen molar-refractivity contribution in [2.75, 3.05) is 26.2 Å². The Morgan fingerprint density at radius 2 is 1.75 bits per heavy atom. The van der Waals surface area contributed by atoms with Crippen molar-refractivity contribution < 1.29 is 28.2 Å². The first-order valence-electron chi connectivity index (χ1n) is 6.49. The lowest BCUT2D eigenvalue weighted by molar-refractivity contribution is -0.188. The SMILES string of the molecule is Cl.O=C(O)[C@@H]1CN(CCCCCCO)C[C@H]1C(F)(F)F. The van der Waals surface area contributed by atoms with Crippen LogP contribution >= 0.6 is 12.4 Å². The standard InChI is InChI=1S/C12H20F3NO3.ClH/c13-12(14,15)10-8-16(7-9(10)11(18)19)5-3-1-2-4-6-17;/h9-10,17H,1-8H2,(H,18,19);1H/t9-,10-;/m1./s1. The molecule has 0 spiro atoms. The Balaban J connectivity index is 0.00000361. The van der Waals surface area contributed by atoms with Crippen molar-refractivity contribution in [3.8, 4) is 0 Å². The van der Waals surface area contributed by atoms with Gasteiger partial charge >= 0.3 is 12.1 Å². The van der Waals surface area contributed by atoms with E-state index in [9.17, 15) is 18.0 Å². The zero-order chi connectivity index (χ0) is 14.5. The van der Waals surface area contributed by atoms with Gasteiger partial charge in [-0.05, 0) is 19.4 Å². The summed E-state index contributed by atoms with van der Waals surface area (Å²) in [6.45, 7) is 0.364. The Kier molecular flexibility index (Phi) is 8.46. The molecule has 0 bridgehead atoms. The molecule has 0 aromatic heterocycles. The molecule has 1 fully saturated rings. The predicted molar refractivity (Wildman–Crippen MR) is 69.9 cm³/mol. The summed E-state index contributed by atoms with van der Waals surface area (Å²) in [5.41, 5.74) is 0. The van der Waals surface area contributed by atoms with Crippen molar-refractivity contribution in [2.45, 2.75) is 31.9 Å². The van der Waals surface area contributed by atoms with Gasteiger partial charge in [0.1, 0.15) is 0 Å². The topological polar surface area (TPSA) is 60.8 Å². The van der Waals surface area contributed by atoms with E-state index in [4.69, 9.17) is 10.2 Å². The minimum Gasteiger partial charge on any atom is -0.481 e. The number of aliphatic carboxylic acids is 1. The van der Waals surface area contributed by atoms with Gasteiger partial charge in [0.2, 0.25) is 0 Å². The number of carboxylic acids is 1. The fraction of sp³-hybridized carbons (Fsp3) is 0.917. The summed E-state index contributed by atoms with van der Waals surface area (Å²) in [5, 5.41) is 17.4. The second kappa shape index (κ2) is 8.69. The quantitative estimate of drug-likeness (QED) is 0.706. The van der Waals surface area contributed by atoms with Gasteiger partial charge in [0.25, 0.3) is 0 Å². The van der Waals surface area contributed by atoms with E-state index in [1.54, 1.807) is 4.90 Å². The van der Waals surface area contributed by atoms with Crippen LogP contribution in [0.15, 0.2) is 0 Å². The monoisotopic (exact) mass is 319 g/mol. The van der Waals surface area contributed by atoms with Crippen molar-refractivity contribution >= 4 is 18.4 Å². The summed E-state index contributed by atoms with van der Waals surface area (Å²) >= 11 is 0. The summed E-state index contributed by atoms with van der Waals surface area (Å²) in [4.78, 5) is 12.4. The highest BCUT2D eigenvalue weighted by Gasteiger charge is 2.52. The first kappa shape index (κ1) is 19.5. The number of carbonyl (C=O) groups is 1. The second-order valence-corrected chi connectivity index (χ2v) is 4.99. The lowest BCUT2D eigenvalue weighted by Crippen LogP contribution is -2.33. The maximum Gasteiger partial charge on any atom is 0.393 e. The summed E-state index contributed by atoms with van der Waals surface area (Å²) in [6, 6.07) is 0. The normalized spacial score (nSPS) is 23.6. The molecule has 2 atom stereocenters. The van der Waals surface area contributed by atoms with Crippen LogP contribution in [0.1, 0.15) is 25.7 Å². The molecular weight excluding hydrogens is 299 g/mol. The van der Waals surface area contributed by atoms with Crippen molar-refractivity contribution in [2.24, 2.45) is 11.8 Å². The van der Waals surface area contributed by atoms with Gasteiger partial charge in [0.05, 0.1) is 11.8 Å². The number of halogens is 4. The molecule has 2 N–H and O–H groups in total. The molecule has 8 heteroatoms. The van der Waals surface area contributed by atoms with Gasteiger partial charge in [-0.1, -0.05) is 12.8 Å². The lowest BCUT2D eigenvalue weighted by Gasteiger charge is -2.18. The zero-order valence-corrected chi connectivity index (χ0v) is 11.9. The summed E-state index contributed by atoms with van der Waals surface area (Å²) < 4.78 is 38.1. The Morgan fingerprint density at radius 3 is 2.20 bits per heavy atom. The summed E-state index contributed by atoms with van der Waals surface area (Å²) in [6.07, 6.45) is -1.34.